The number of imide groups is 1. The van der Waals surface area contributed by atoms with Gasteiger partial charge in [0.05, 0.1) is 16.6 Å². The molecule has 0 N–H and O–H groups in total. The van der Waals surface area contributed by atoms with Gasteiger partial charge in [-0.2, -0.15) is 21.6 Å². The molecule has 0 atom stereocenters. The van der Waals surface area contributed by atoms with E-state index in [4.69, 9.17) is 15.8 Å². The molecule has 1 fully saturated rings. The summed E-state index contributed by atoms with van der Waals surface area (Å²) >= 11 is 5.82. The summed E-state index contributed by atoms with van der Waals surface area (Å²) in [5.74, 6) is -6.57. The number of carbonyl (C=O) groups excluding carboxylic acids is 2. The van der Waals surface area contributed by atoms with Gasteiger partial charge in [-0.05, 0) is 18.2 Å². The first-order chi connectivity index (χ1) is 13.9. The van der Waals surface area contributed by atoms with Crippen molar-refractivity contribution in [3.63, 3.8) is 0 Å². The van der Waals surface area contributed by atoms with E-state index in [0.29, 0.717) is 12.1 Å². The lowest BCUT2D eigenvalue weighted by molar-refractivity contribution is -0.185. The Hall–Kier alpha value is -2.66. The molecular formula is C18H12ClF4NO5S. The normalized spacial score (nSPS) is 16.1. The lowest BCUT2D eigenvalue weighted by atomic mass is 9.94. The molecule has 6 nitrogen and oxygen atoms in total. The van der Waals surface area contributed by atoms with E-state index in [1.807, 2.05) is 0 Å². The first-order valence-electron chi connectivity index (χ1n) is 8.31. The summed E-state index contributed by atoms with van der Waals surface area (Å²) in [5, 5.41) is -0.485. The maximum atomic E-state index is 14.4. The highest BCUT2D eigenvalue weighted by Crippen LogP contribution is 2.39. The Labute approximate surface area is 173 Å². The van der Waals surface area contributed by atoms with E-state index < -0.39 is 69.1 Å². The summed E-state index contributed by atoms with van der Waals surface area (Å²) < 4.78 is 82.6. The minimum atomic E-state index is -4.77. The molecule has 1 heterocycles. The van der Waals surface area contributed by atoms with Crippen LogP contribution in [0.15, 0.2) is 47.4 Å². The number of amides is 2. The molecule has 1 saturated heterocycles. The second-order valence-electron chi connectivity index (χ2n) is 6.35. The van der Waals surface area contributed by atoms with Gasteiger partial charge in [-0.25, -0.2) is 9.29 Å². The van der Waals surface area contributed by atoms with E-state index in [1.54, 1.807) is 6.07 Å². The average Bonchev–Trinajstić information content (AvgIpc) is 2.64. The summed E-state index contributed by atoms with van der Waals surface area (Å²) in [6.07, 6.45) is -6.89. The lowest BCUT2D eigenvalue weighted by Crippen LogP contribution is -2.47. The molecular weight excluding hydrogens is 454 g/mol. The smallest absolute Gasteiger partial charge is 0.377 e. The number of piperidine rings is 1. The summed E-state index contributed by atoms with van der Waals surface area (Å²) in [5.41, 5.74) is -0.756. The van der Waals surface area contributed by atoms with Crippen molar-refractivity contribution in [1.29, 1.82) is 0 Å². The van der Waals surface area contributed by atoms with Crippen LogP contribution in [-0.2, 0) is 19.7 Å². The number of carbonyl (C=O) groups is 2. The number of alkyl halides is 3. The number of anilines is 1. The van der Waals surface area contributed by atoms with Gasteiger partial charge in [0.25, 0.3) is 0 Å². The molecule has 1 aliphatic rings. The number of benzene rings is 2. The molecule has 2 aromatic rings. The quantitative estimate of drug-likeness (QED) is 0.386. The van der Waals surface area contributed by atoms with Crippen LogP contribution >= 0.6 is 11.6 Å². The second kappa shape index (κ2) is 7.88. The summed E-state index contributed by atoms with van der Waals surface area (Å²) in [6, 6.07) is 8.15. The molecule has 0 unspecified atom stereocenters. The summed E-state index contributed by atoms with van der Waals surface area (Å²) in [7, 11) is -4.40. The van der Waals surface area contributed by atoms with Crippen molar-refractivity contribution >= 4 is 39.2 Å². The van der Waals surface area contributed by atoms with Gasteiger partial charge >= 0.3 is 16.3 Å². The average molecular weight is 466 g/mol. The maximum Gasteiger partial charge on any atom is 0.392 e. The van der Waals surface area contributed by atoms with Crippen LogP contribution in [0.2, 0.25) is 5.02 Å². The molecule has 1 aliphatic heterocycles. The van der Waals surface area contributed by atoms with Crippen LogP contribution in [0.25, 0.3) is 0 Å². The minimum Gasteiger partial charge on any atom is -0.377 e. The van der Waals surface area contributed by atoms with E-state index in [2.05, 4.69) is 0 Å². The van der Waals surface area contributed by atoms with Crippen LogP contribution < -0.4 is 9.08 Å². The van der Waals surface area contributed by atoms with E-state index >= 15 is 0 Å². The number of rotatable bonds is 4. The van der Waals surface area contributed by atoms with Crippen LogP contribution in [0, 0.1) is 11.7 Å². The zero-order valence-electron chi connectivity index (χ0n) is 14.8. The molecule has 0 radical (unpaired) electrons. The zero-order chi connectivity index (χ0) is 22.3. The molecule has 0 spiro atoms. The van der Waals surface area contributed by atoms with Gasteiger partial charge in [-0.1, -0.05) is 29.8 Å². The molecule has 0 aromatic heterocycles. The monoisotopic (exact) mass is 465 g/mol. The third-order valence-corrected chi connectivity index (χ3v) is 5.82. The van der Waals surface area contributed by atoms with E-state index in [9.17, 15) is 35.6 Å². The molecule has 3 rings (SSSR count). The Morgan fingerprint density at radius 2 is 1.60 bits per heavy atom. The molecule has 0 bridgehead atoms. The second-order valence-corrected chi connectivity index (χ2v) is 8.31. The van der Waals surface area contributed by atoms with Gasteiger partial charge in [-0.3, -0.25) is 9.59 Å². The molecule has 160 valence electrons. The first kappa shape index (κ1) is 22.0. The fraction of sp³-hybridized carbons (Fsp3) is 0.222. The van der Waals surface area contributed by atoms with Crippen LogP contribution in [0.4, 0.5) is 23.2 Å². The van der Waals surface area contributed by atoms with E-state index in [0.717, 1.165) is 0 Å². The molecule has 2 amide bonds. The molecule has 30 heavy (non-hydrogen) atoms. The van der Waals surface area contributed by atoms with Crippen molar-refractivity contribution < 1.29 is 39.8 Å². The predicted molar refractivity (Wildman–Crippen MR) is 96.9 cm³/mol. The molecule has 2 aromatic carbocycles. The van der Waals surface area contributed by atoms with Gasteiger partial charge in [0.2, 0.25) is 11.8 Å². The maximum absolute atomic E-state index is 14.4. The van der Waals surface area contributed by atoms with Crippen molar-refractivity contribution in [2.45, 2.75) is 23.9 Å². The fourth-order valence-corrected chi connectivity index (χ4v) is 4.02. The van der Waals surface area contributed by atoms with Crippen LogP contribution in [0.1, 0.15) is 12.8 Å². The van der Waals surface area contributed by atoms with Crippen LogP contribution in [-0.4, -0.2) is 26.4 Å². The van der Waals surface area contributed by atoms with Gasteiger partial charge in [-0.15, -0.1) is 0 Å². The molecule has 12 heteroatoms. The highest BCUT2D eigenvalue weighted by molar-refractivity contribution is 7.87. The number of nitrogens with zero attached hydrogens (tertiary/aromatic N) is 1. The van der Waals surface area contributed by atoms with Crippen molar-refractivity contribution in [2.24, 2.45) is 5.92 Å². The van der Waals surface area contributed by atoms with Gasteiger partial charge < -0.3 is 4.18 Å². The summed E-state index contributed by atoms with van der Waals surface area (Å²) in [6.45, 7) is 0. The Balaban J connectivity index is 1.96. The Bertz CT molecular complexity index is 1090. The third-order valence-electron chi connectivity index (χ3n) is 4.28. The van der Waals surface area contributed by atoms with Gasteiger partial charge in [0.15, 0.2) is 5.75 Å². The largest absolute Gasteiger partial charge is 0.392 e. The molecule has 0 aliphatic carbocycles. The van der Waals surface area contributed by atoms with Gasteiger partial charge in [0.1, 0.15) is 10.7 Å². The van der Waals surface area contributed by atoms with Crippen molar-refractivity contribution in [1.82, 2.24) is 0 Å². The van der Waals surface area contributed by atoms with E-state index in [-0.39, 0.29) is 9.80 Å². The Kier molecular flexibility index (Phi) is 5.79. The SMILES string of the molecule is O=C1CC(C(F)(F)F)CC(=O)N1c1cc(OS(=O)(=O)c2ccccc2)c(Cl)cc1F. The minimum absolute atomic E-state index is 0.232. The highest BCUT2D eigenvalue weighted by Gasteiger charge is 2.48. The predicted octanol–water partition coefficient (Wildman–Crippen LogP) is 4.08. The lowest BCUT2D eigenvalue weighted by Gasteiger charge is -2.31. The highest BCUT2D eigenvalue weighted by atomic mass is 35.5. The number of halogens is 5. The third kappa shape index (κ3) is 4.41. The van der Waals surface area contributed by atoms with Gasteiger partial charge in [0, 0.05) is 18.9 Å². The fourth-order valence-electron chi connectivity index (χ4n) is 2.82. The topological polar surface area (TPSA) is 80.8 Å². The molecule has 0 saturated carbocycles. The van der Waals surface area contributed by atoms with E-state index in [1.165, 1.54) is 24.3 Å². The first-order valence-corrected chi connectivity index (χ1v) is 10.1. The zero-order valence-corrected chi connectivity index (χ0v) is 16.4. The number of hydrogen-bond donors (Lipinski definition) is 0. The Morgan fingerprint density at radius 1 is 1.03 bits per heavy atom. The Morgan fingerprint density at radius 3 is 2.13 bits per heavy atom. The van der Waals surface area contributed by atoms with Crippen molar-refractivity contribution in [3.05, 3.63) is 53.3 Å². The number of hydrogen-bond acceptors (Lipinski definition) is 5. The van der Waals surface area contributed by atoms with Crippen molar-refractivity contribution in [2.75, 3.05) is 4.90 Å². The van der Waals surface area contributed by atoms with Crippen LogP contribution in [0.5, 0.6) is 5.75 Å². The standard InChI is InChI=1S/C18H12ClF4NO5S/c19-12-8-13(20)14(24-16(25)6-10(7-17(24)26)18(21,22)23)9-15(12)29-30(27,28)11-4-2-1-3-5-11/h1-5,8-10H,6-7H2. The van der Waals surface area contributed by atoms with Crippen LogP contribution in [0.3, 0.4) is 0 Å². The summed E-state index contributed by atoms with van der Waals surface area (Å²) in [4.78, 5) is 24.3. The van der Waals surface area contributed by atoms with Crippen molar-refractivity contribution in [3.8, 4) is 5.75 Å².